The number of carboxylic acids is 1. The molecule has 3 heterocycles. The average Bonchev–Trinajstić information content (AvgIpc) is 3.90. The summed E-state index contributed by atoms with van der Waals surface area (Å²) in [5, 5.41) is 43.0. The Balaban J connectivity index is 1.48. The molecule has 1 aromatic carbocycles. The first-order valence-corrected chi connectivity index (χ1v) is 24.7. The number of fused-ring (bicyclic) bond motifs is 7. The lowest BCUT2D eigenvalue weighted by Crippen LogP contribution is -2.71. The number of allylic oxidation sites excluding steroid dienone is 2. The maximum absolute atomic E-state index is 13.9. The standard InChI is InChI=1S/C44H58N10O12S2/c1-21-12-26-15-34(56)48-22(2)38(60)52-32-19-67-68-20-33(53-44(66)37(24(4)55)54-39(61)23(3)49-42(32)64)43(65)51-30(16-36(58)59)41(63)47-18-35(57)50-29(14-25-8-6-5-7-9-25)40(62)46-17-31-27(10-11-45-31)28(26)13-21/h5-9,12,21-24,29-30,32-33,37,55H,10-11,13-20H2,1-4H3,(H,46,62)(H,47,63)(H,48,56)(H,49,64)(H,50,57)(H,51,65)(H,52,60)(H,53,66)(H,54,61)(H,58,59)/p+1/b28-27-/t21-,22-,23-,24+,29-,30-,32+,33+,37-/m0/s1. The van der Waals surface area contributed by atoms with Crippen LogP contribution in [0.1, 0.15) is 58.9 Å². The summed E-state index contributed by atoms with van der Waals surface area (Å²) < 4.78 is 0. The molecule has 2 bridgehead atoms. The minimum Gasteiger partial charge on any atom is -0.481 e. The highest BCUT2D eigenvalue weighted by atomic mass is 33.1. The Hall–Kier alpha value is -6.27. The van der Waals surface area contributed by atoms with Crippen molar-refractivity contribution in [1.82, 2.24) is 47.9 Å². The second-order valence-corrected chi connectivity index (χ2v) is 19.6. The van der Waals surface area contributed by atoms with Gasteiger partial charge in [-0.25, -0.2) is 4.99 Å². The van der Waals surface area contributed by atoms with E-state index in [0.717, 1.165) is 44.0 Å². The molecule has 22 nitrogen and oxygen atoms in total. The van der Waals surface area contributed by atoms with Crippen LogP contribution in [0, 0.1) is 5.92 Å². The van der Waals surface area contributed by atoms with Crippen molar-refractivity contribution >= 4 is 86.4 Å². The summed E-state index contributed by atoms with van der Waals surface area (Å²) in [4.78, 5) is 137. The first-order chi connectivity index (χ1) is 32.3. The van der Waals surface area contributed by atoms with E-state index in [1.807, 2.05) is 13.0 Å². The smallest absolute Gasteiger partial charge is 0.305 e. The third-order valence-electron chi connectivity index (χ3n) is 11.4. The Morgan fingerprint density at radius 3 is 1.96 bits per heavy atom. The zero-order chi connectivity index (χ0) is 49.7. The highest BCUT2D eigenvalue weighted by Gasteiger charge is 2.36. The number of carbonyl (C=O) groups excluding carboxylic acids is 9. The first kappa shape index (κ1) is 52.7. The predicted molar refractivity (Wildman–Crippen MR) is 249 cm³/mol. The molecule has 0 saturated carbocycles. The number of carboxylic acid groups (broad SMARTS) is 1. The SMILES string of the molecule is C[C@@H]1NC(=O)CC2=C[C@H](C)C/C2=C2\CC[NH+]=C2CNC(=O)[C@H](Cc2ccccc2)NC(=O)CNC(=O)[C@H](CC(=O)O)NC(=O)[C@H]2CSSC[C@@H](NC1=O)C(=O)N[C@@H](C)C(=O)N[C@@H]([C@@H](C)O)C(=O)N2. The number of amides is 9. The zero-order valence-corrected chi connectivity index (χ0v) is 39.7. The van der Waals surface area contributed by atoms with E-state index in [1.54, 1.807) is 30.3 Å². The highest BCUT2D eigenvalue weighted by molar-refractivity contribution is 8.76. The second kappa shape index (κ2) is 24.7. The van der Waals surface area contributed by atoms with Crippen molar-refractivity contribution in [2.75, 3.05) is 31.1 Å². The van der Waals surface area contributed by atoms with Gasteiger partial charge in [0.2, 0.25) is 53.2 Å². The van der Waals surface area contributed by atoms with Crippen LogP contribution in [0.15, 0.2) is 53.1 Å². The monoisotopic (exact) mass is 983 g/mol. The predicted octanol–water partition coefficient (Wildman–Crippen LogP) is -4.26. The summed E-state index contributed by atoms with van der Waals surface area (Å²) in [6.45, 7) is 5.84. The molecule has 0 unspecified atom stereocenters. The molecule has 9 atom stereocenters. The van der Waals surface area contributed by atoms with Crippen molar-refractivity contribution in [3.63, 3.8) is 0 Å². The number of rotatable bonds is 5. The van der Waals surface area contributed by atoms with Crippen LogP contribution in [0.5, 0.6) is 0 Å². The van der Waals surface area contributed by atoms with Crippen LogP contribution in [0.4, 0.5) is 0 Å². The van der Waals surface area contributed by atoms with E-state index in [1.165, 1.54) is 20.8 Å². The van der Waals surface area contributed by atoms with Gasteiger partial charge in [0.1, 0.15) is 55.4 Å². The number of carbonyl (C=O) groups is 10. The lowest BCUT2D eigenvalue weighted by Gasteiger charge is -2.28. The fourth-order valence-corrected chi connectivity index (χ4v) is 10.2. The van der Waals surface area contributed by atoms with E-state index in [-0.39, 0.29) is 36.8 Å². The van der Waals surface area contributed by atoms with Crippen molar-refractivity contribution < 1.29 is 63.2 Å². The first-order valence-electron chi connectivity index (χ1n) is 22.2. The van der Waals surface area contributed by atoms with Crippen molar-refractivity contribution in [3.05, 3.63) is 58.7 Å². The molecule has 9 amide bonds. The maximum Gasteiger partial charge on any atom is 0.305 e. The van der Waals surface area contributed by atoms with Crippen LogP contribution in [0.25, 0.3) is 0 Å². The number of aliphatic hydroxyl groups is 1. The van der Waals surface area contributed by atoms with Gasteiger partial charge < -0.3 is 58.1 Å². The van der Waals surface area contributed by atoms with Crippen LogP contribution >= 0.6 is 21.6 Å². The lowest BCUT2D eigenvalue weighted by molar-refractivity contribution is -0.447. The Labute approximate surface area is 400 Å². The van der Waals surface area contributed by atoms with Crippen molar-refractivity contribution in [2.24, 2.45) is 5.92 Å². The summed E-state index contributed by atoms with van der Waals surface area (Å²) >= 11 is 0. The van der Waals surface area contributed by atoms with E-state index >= 15 is 0 Å². The van der Waals surface area contributed by atoms with Gasteiger partial charge in [-0.3, -0.25) is 47.9 Å². The quantitative estimate of drug-likeness (QED) is 0.124. The van der Waals surface area contributed by atoms with E-state index < -0.39 is 120 Å². The zero-order valence-electron chi connectivity index (χ0n) is 38.0. The topological polar surface area (TPSA) is 333 Å². The Bertz CT molecular complexity index is 2240. The molecule has 4 aliphatic rings. The molecule has 1 aliphatic carbocycles. The van der Waals surface area contributed by atoms with Gasteiger partial charge in [0.05, 0.1) is 25.5 Å². The molecule has 1 fully saturated rings. The van der Waals surface area contributed by atoms with E-state index in [4.69, 9.17) is 0 Å². The molecular weight excluding hydrogens is 925 g/mol. The van der Waals surface area contributed by atoms with Crippen LogP contribution in [-0.4, -0.2) is 155 Å². The molecule has 0 aromatic heterocycles. The van der Waals surface area contributed by atoms with Crippen LogP contribution in [0.3, 0.4) is 0 Å². The van der Waals surface area contributed by atoms with Gasteiger partial charge in [-0.2, -0.15) is 0 Å². The average molecular weight is 984 g/mol. The molecular formula is C44H59N10O12S2+. The number of nitrogens with one attached hydrogen (secondary N) is 10. The maximum atomic E-state index is 13.9. The molecule has 1 aromatic rings. The molecule has 1 saturated heterocycles. The third-order valence-corrected chi connectivity index (χ3v) is 13.8. The minimum atomic E-state index is -1.79. The van der Waals surface area contributed by atoms with Crippen molar-refractivity contribution in [2.45, 2.75) is 108 Å². The Morgan fingerprint density at radius 1 is 0.691 bits per heavy atom. The van der Waals surface area contributed by atoms with Gasteiger partial charge >= 0.3 is 5.97 Å². The summed E-state index contributed by atoms with van der Waals surface area (Å²) in [7, 11) is 1.95. The van der Waals surface area contributed by atoms with Crippen LogP contribution in [0.2, 0.25) is 0 Å². The van der Waals surface area contributed by atoms with Gasteiger partial charge in [0, 0.05) is 29.9 Å². The van der Waals surface area contributed by atoms with E-state index in [9.17, 15) is 58.2 Å². The molecule has 3 aliphatic heterocycles. The van der Waals surface area contributed by atoms with Crippen LogP contribution < -0.4 is 52.8 Å². The number of hydrogen-bond acceptors (Lipinski definition) is 13. The molecule has 5 rings (SSSR count). The minimum absolute atomic E-state index is 0.0489. The largest absolute Gasteiger partial charge is 0.481 e. The molecule has 0 spiro atoms. The summed E-state index contributed by atoms with van der Waals surface area (Å²) in [5.41, 5.74) is 4.05. The third kappa shape index (κ3) is 15.1. The van der Waals surface area contributed by atoms with Crippen molar-refractivity contribution in [3.8, 4) is 0 Å². The summed E-state index contributed by atoms with van der Waals surface area (Å²) in [6.07, 6.45) is 0.722. The summed E-state index contributed by atoms with van der Waals surface area (Å²) in [6, 6.07) is -1.00. The van der Waals surface area contributed by atoms with Gasteiger partial charge in [0.25, 0.3) is 0 Å². The fourth-order valence-electron chi connectivity index (χ4n) is 7.84. The van der Waals surface area contributed by atoms with Gasteiger partial charge in [0.15, 0.2) is 5.71 Å². The van der Waals surface area contributed by atoms with Gasteiger partial charge in [-0.1, -0.05) is 64.9 Å². The van der Waals surface area contributed by atoms with E-state index in [0.29, 0.717) is 24.9 Å². The Kier molecular flexibility index (Phi) is 19.1. The number of benzene rings is 1. The van der Waals surface area contributed by atoms with Crippen LogP contribution in [-0.2, 0) is 54.4 Å². The summed E-state index contributed by atoms with van der Waals surface area (Å²) in [5.74, 6) is -9.29. The molecule has 24 heteroatoms. The lowest BCUT2D eigenvalue weighted by atomic mass is 9.94. The van der Waals surface area contributed by atoms with Gasteiger partial charge in [-0.15, -0.1) is 0 Å². The number of hydrogen-bond donors (Lipinski definition) is 12. The van der Waals surface area contributed by atoms with E-state index in [2.05, 4.69) is 52.8 Å². The Morgan fingerprint density at radius 2 is 1.29 bits per heavy atom. The second-order valence-electron chi connectivity index (χ2n) is 17.0. The number of aliphatic hydroxyl groups excluding tert-OH is 1. The molecule has 0 radical (unpaired) electrons. The molecule has 368 valence electrons. The number of aliphatic carboxylic acids is 1. The highest BCUT2D eigenvalue weighted by Crippen LogP contribution is 2.35. The van der Waals surface area contributed by atoms with Gasteiger partial charge in [-0.05, 0) is 49.8 Å². The molecule has 12 N–H and O–H groups in total. The normalized spacial score (nSPS) is 29.6. The molecule has 68 heavy (non-hydrogen) atoms. The fraction of sp³-hybridized carbons (Fsp3) is 0.523. The van der Waals surface area contributed by atoms with Crippen molar-refractivity contribution in [1.29, 1.82) is 0 Å².